The number of halogens is 6. The molecule has 0 aliphatic rings. The van der Waals surface area contributed by atoms with E-state index in [-0.39, 0.29) is 32.1 Å². The van der Waals surface area contributed by atoms with Crippen LogP contribution in [0, 0.1) is 5.82 Å². The zero-order valence-electron chi connectivity index (χ0n) is 17.1. The van der Waals surface area contributed by atoms with Crippen molar-refractivity contribution in [3.05, 3.63) is 94.3 Å². The molecule has 0 heterocycles. The van der Waals surface area contributed by atoms with Crippen molar-refractivity contribution in [3.63, 3.8) is 0 Å². The van der Waals surface area contributed by atoms with Gasteiger partial charge in [-0.05, 0) is 60.2 Å². The van der Waals surface area contributed by atoms with E-state index in [9.17, 15) is 22.4 Å². The van der Waals surface area contributed by atoms with E-state index in [4.69, 9.17) is 22.1 Å². The molecule has 4 nitrogen and oxygen atoms in total. The molecule has 3 aromatic carbocycles. The van der Waals surface area contributed by atoms with E-state index in [1.165, 1.54) is 0 Å². The van der Waals surface area contributed by atoms with Crippen molar-refractivity contribution < 1.29 is 27.1 Å². The number of alkyl halides is 3. The molecule has 0 saturated carbocycles. The van der Waals surface area contributed by atoms with Gasteiger partial charge in [-0.25, -0.2) is 4.39 Å². The lowest BCUT2D eigenvalue weighted by Crippen LogP contribution is -2.36. The number of nitrogens with zero attached hydrogens (tertiary/aromatic N) is 1. The van der Waals surface area contributed by atoms with Crippen molar-refractivity contribution in [2.75, 3.05) is 18.0 Å². The second-order valence-corrected chi connectivity index (χ2v) is 7.28. The number of amides is 1. The number of nitrogens with two attached hydrogens (primary N) is 1. The Morgan fingerprint density at radius 2 is 1.64 bits per heavy atom. The lowest BCUT2D eigenvalue weighted by molar-refractivity contribution is -0.138. The van der Waals surface area contributed by atoms with Gasteiger partial charge in [0.2, 0.25) is 0 Å². The summed E-state index contributed by atoms with van der Waals surface area (Å²) < 4.78 is 59.2. The third-order valence-electron chi connectivity index (χ3n) is 4.58. The monoisotopic (exact) mass is 502 g/mol. The van der Waals surface area contributed by atoms with Crippen LogP contribution in [-0.4, -0.2) is 19.0 Å². The quantitative estimate of drug-likeness (QED) is 0.397. The predicted molar refractivity (Wildman–Crippen MR) is 122 cm³/mol. The Morgan fingerprint density at radius 1 is 1.00 bits per heavy atom. The van der Waals surface area contributed by atoms with Crippen molar-refractivity contribution in [1.82, 2.24) is 0 Å². The van der Waals surface area contributed by atoms with Crippen LogP contribution in [0.3, 0.4) is 0 Å². The minimum atomic E-state index is -4.89. The Morgan fingerprint density at radius 3 is 2.21 bits per heavy atom. The van der Waals surface area contributed by atoms with Crippen molar-refractivity contribution in [3.8, 4) is 5.75 Å². The maximum Gasteiger partial charge on any atom is 0.417 e. The SMILES string of the molecule is Cl.NCCN(C(=O)c1ccc(F)cc1C(F)(F)F)c1ccc(OCc2ccc(Cl)cc2)cc1. The Balaban J connectivity index is 0.00000385. The van der Waals surface area contributed by atoms with Crippen LogP contribution < -0.4 is 15.4 Å². The lowest BCUT2D eigenvalue weighted by Gasteiger charge is -2.24. The molecule has 0 spiro atoms. The smallest absolute Gasteiger partial charge is 0.417 e. The number of carbonyl (C=O) groups excluding carboxylic acids is 1. The van der Waals surface area contributed by atoms with Gasteiger partial charge in [0.1, 0.15) is 18.2 Å². The number of carbonyl (C=O) groups is 1. The van der Waals surface area contributed by atoms with Crippen LogP contribution in [0.1, 0.15) is 21.5 Å². The minimum absolute atomic E-state index is 0. The van der Waals surface area contributed by atoms with Gasteiger partial charge in [0.15, 0.2) is 0 Å². The highest BCUT2D eigenvalue weighted by Gasteiger charge is 2.37. The Kier molecular flexibility index (Phi) is 9.10. The standard InChI is InChI=1S/C23H19ClF4N2O2.ClH/c24-16-3-1-15(2-4-16)14-32-19-8-6-18(7-9-19)30(12-11-29)22(31)20-10-5-17(25)13-21(20)23(26,27)28;/h1-10,13H,11-12,14,29H2;1H. The van der Waals surface area contributed by atoms with Crippen LogP contribution in [0.15, 0.2) is 66.7 Å². The van der Waals surface area contributed by atoms with Crippen LogP contribution in [0.25, 0.3) is 0 Å². The first-order chi connectivity index (χ1) is 15.2. The number of hydrogen-bond donors (Lipinski definition) is 1. The molecule has 0 fully saturated rings. The van der Waals surface area contributed by atoms with E-state index in [1.54, 1.807) is 36.4 Å². The Labute approximate surface area is 199 Å². The van der Waals surface area contributed by atoms with Crippen LogP contribution in [0.2, 0.25) is 5.02 Å². The molecule has 1 amide bonds. The van der Waals surface area contributed by atoms with Gasteiger partial charge in [-0.15, -0.1) is 12.4 Å². The molecule has 0 atom stereocenters. The van der Waals surface area contributed by atoms with Gasteiger partial charge in [-0.1, -0.05) is 23.7 Å². The number of hydrogen-bond acceptors (Lipinski definition) is 3. The normalized spacial score (nSPS) is 11.0. The van der Waals surface area contributed by atoms with Gasteiger partial charge < -0.3 is 15.4 Å². The van der Waals surface area contributed by atoms with Gasteiger partial charge in [0.25, 0.3) is 5.91 Å². The molecule has 176 valence electrons. The number of benzene rings is 3. The van der Waals surface area contributed by atoms with E-state index in [0.717, 1.165) is 22.6 Å². The van der Waals surface area contributed by atoms with E-state index >= 15 is 0 Å². The summed E-state index contributed by atoms with van der Waals surface area (Å²) >= 11 is 5.85. The highest BCUT2D eigenvalue weighted by atomic mass is 35.5. The zero-order valence-corrected chi connectivity index (χ0v) is 18.7. The van der Waals surface area contributed by atoms with Crippen molar-refractivity contribution in [2.45, 2.75) is 12.8 Å². The van der Waals surface area contributed by atoms with Crippen LogP contribution in [0.5, 0.6) is 5.75 Å². The molecule has 2 N–H and O–H groups in total. The first-order valence-electron chi connectivity index (χ1n) is 9.55. The van der Waals surface area contributed by atoms with E-state index in [2.05, 4.69) is 0 Å². The van der Waals surface area contributed by atoms with E-state index < -0.39 is 29.0 Å². The van der Waals surface area contributed by atoms with Gasteiger partial charge in [-0.3, -0.25) is 4.79 Å². The molecule has 0 bridgehead atoms. The summed E-state index contributed by atoms with van der Waals surface area (Å²) in [4.78, 5) is 14.1. The molecule has 3 aromatic rings. The van der Waals surface area contributed by atoms with E-state index in [0.29, 0.717) is 22.5 Å². The molecular weight excluding hydrogens is 483 g/mol. The second-order valence-electron chi connectivity index (χ2n) is 6.84. The summed E-state index contributed by atoms with van der Waals surface area (Å²) in [5, 5.41) is 0.609. The van der Waals surface area contributed by atoms with Gasteiger partial charge in [-0.2, -0.15) is 13.2 Å². The first kappa shape index (κ1) is 26.4. The fourth-order valence-corrected chi connectivity index (χ4v) is 3.16. The maximum atomic E-state index is 13.4. The fraction of sp³-hybridized carbons (Fsp3) is 0.174. The first-order valence-corrected chi connectivity index (χ1v) is 9.93. The molecular formula is C23H20Cl2F4N2O2. The number of ether oxygens (including phenoxy) is 1. The summed E-state index contributed by atoms with van der Waals surface area (Å²) in [6.45, 7) is 0.272. The largest absolute Gasteiger partial charge is 0.489 e. The van der Waals surface area contributed by atoms with E-state index in [1.807, 2.05) is 12.1 Å². The zero-order chi connectivity index (χ0) is 23.3. The molecule has 0 unspecified atom stereocenters. The molecule has 33 heavy (non-hydrogen) atoms. The Bertz CT molecular complexity index is 1080. The summed E-state index contributed by atoms with van der Waals surface area (Å²) in [6.07, 6.45) is -4.89. The number of anilines is 1. The molecule has 0 saturated heterocycles. The van der Waals surface area contributed by atoms with Crippen molar-refractivity contribution in [1.29, 1.82) is 0 Å². The highest BCUT2D eigenvalue weighted by molar-refractivity contribution is 6.30. The Hall–Kier alpha value is -2.81. The van der Waals surface area contributed by atoms with Gasteiger partial charge in [0.05, 0.1) is 11.1 Å². The molecule has 10 heteroatoms. The molecule has 0 aliphatic heterocycles. The summed E-state index contributed by atoms with van der Waals surface area (Å²) in [7, 11) is 0. The minimum Gasteiger partial charge on any atom is -0.489 e. The van der Waals surface area contributed by atoms with Crippen molar-refractivity contribution >= 4 is 35.6 Å². The molecule has 0 aromatic heterocycles. The summed E-state index contributed by atoms with van der Waals surface area (Å²) in [5.74, 6) is -1.51. The molecule has 3 rings (SSSR count). The highest BCUT2D eigenvalue weighted by Crippen LogP contribution is 2.34. The average molecular weight is 503 g/mol. The average Bonchev–Trinajstić information content (AvgIpc) is 2.76. The second kappa shape index (κ2) is 11.4. The third-order valence-corrected chi connectivity index (χ3v) is 4.83. The van der Waals surface area contributed by atoms with Crippen LogP contribution >= 0.6 is 24.0 Å². The summed E-state index contributed by atoms with van der Waals surface area (Å²) in [5.41, 5.74) is 4.80. The fourth-order valence-electron chi connectivity index (χ4n) is 3.03. The summed E-state index contributed by atoms with van der Waals surface area (Å²) in [6, 6.07) is 15.3. The predicted octanol–water partition coefficient (Wildman–Crippen LogP) is 6.10. The number of rotatable bonds is 7. The topological polar surface area (TPSA) is 55.6 Å². The molecule has 0 aliphatic carbocycles. The van der Waals surface area contributed by atoms with Crippen molar-refractivity contribution in [2.24, 2.45) is 5.73 Å². The van der Waals surface area contributed by atoms with Crippen LogP contribution in [0.4, 0.5) is 23.2 Å². The maximum absolute atomic E-state index is 13.4. The van der Waals surface area contributed by atoms with Gasteiger partial charge in [0, 0.05) is 23.8 Å². The van der Waals surface area contributed by atoms with Gasteiger partial charge >= 0.3 is 6.18 Å². The molecule has 0 radical (unpaired) electrons. The third kappa shape index (κ3) is 6.83. The lowest BCUT2D eigenvalue weighted by atomic mass is 10.0. The van der Waals surface area contributed by atoms with Crippen LogP contribution in [-0.2, 0) is 12.8 Å².